The molecule has 3 atom stereocenters. The molecule has 1 saturated carbocycles. The number of hydrogen-bond acceptors (Lipinski definition) is 4. The van der Waals surface area contributed by atoms with Crippen LogP contribution in [0.25, 0.3) is 0 Å². The van der Waals surface area contributed by atoms with E-state index in [1.165, 1.54) is 12.8 Å². The van der Waals surface area contributed by atoms with E-state index < -0.39 is 0 Å². The highest BCUT2D eigenvalue weighted by Gasteiger charge is 2.33. The van der Waals surface area contributed by atoms with Crippen molar-refractivity contribution >= 4 is 6.03 Å². The monoisotopic (exact) mass is 338 g/mol. The number of nitrogens with one attached hydrogen (secondary N) is 1. The molecule has 24 heavy (non-hydrogen) atoms. The average Bonchev–Trinajstić information content (AvgIpc) is 2.63. The molecule has 138 valence electrons. The second-order valence-corrected chi connectivity index (χ2v) is 7.76. The summed E-state index contributed by atoms with van der Waals surface area (Å²) >= 11 is 0. The van der Waals surface area contributed by atoms with Crippen molar-refractivity contribution in [3.05, 3.63) is 0 Å². The number of hydrogen-bond donors (Lipinski definition) is 3. The summed E-state index contributed by atoms with van der Waals surface area (Å²) in [7, 11) is 0. The van der Waals surface area contributed by atoms with Crippen LogP contribution in [0.1, 0.15) is 57.8 Å². The molecule has 0 aromatic heterocycles. The van der Waals surface area contributed by atoms with E-state index in [4.69, 9.17) is 5.73 Å². The van der Waals surface area contributed by atoms with Crippen molar-refractivity contribution in [3.8, 4) is 0 Å². The summed E-state index contributed by atoms with van der Waals surface area (Å²) in [6.45, 7) is 3.35. The van der Waals surface area contributed by atoms with Crippen molar-refractivity contribution in [2.45, 2.75) is 82.0 Å². The van der Waals surface area contributed by atoms with Crippen LogP contribution in [0.3, 0.4) is 0 Å². The highest BCUT2D eigenvalue weighted by molar-refractivity contribution is 5.75. The Bertz CT molecular complexity index is 412. The summed E-state index contributed by atoms with van der Waals surface area (Å²) in [5.74, 6) is 0. The number of amides is 2. The van der Waals surface area contributed by atoms with Crippen LogP contribution in [0.15, 0.2) is 0 Å². The number of carbonyl (C=O) groups excluding carboxylic acids is 1. The first-order chi connectivity index (χ1) is 11.7. The van der Waals surface area contributed by atoms with Crippen molar-refractivity contribution in [3.63, 3.8) is 0 Å². The highest BCUT2D eigenvalue weighted by atomic mass is 16.3. The third-order valence-electron chi connectivity index (χ3n) is 6.18. The highest BCUT2D eigenvalue weighted by Crippen LogP contribution is 2.26. The molecular weight excluding hydrogens is 304 g/mol. The van der Waals surface area contributed by atoms with Crippen LogP contribution in [-0.4, -0.2) is 71.3 Å². The van der Waals surface area contributed by atoms with Crippen molar-refractivity contribution in [1.29, 1.82) is 0 Å². The fourth-order valence-electron chi connectivity index (χ4n) is 4.66. The fourth-order valence-corrected chi connectivity index (χ4v) is 4.66. The van der Waals surface area contributed by atoms with E-state index in [-0.39, 0.29) is 24.2 Å². The molecule has 3 fully saturated rings. The molecule has 3 unspecified atom stereocenters. The summed E-state index contributed by atoms with van der Waals surface area (Å²) in [5, 5.41) is 13.5. The molecule has 2 aliphatic heterocycles. The largest absolute Gasteiger partial charge is 0.391 e. The van der Waals surface area contributed by atoms with Gasteiger partial charge in [0.25, 0.3) is 0 Å². The van der Waals surface area contributed by atoms with Gasteiger partial charge in [0.1, 0.15) is 0 Å². The zero-order chi connectivity index (χ0) is 16.9. The summed E-state index contributed by atoms with van der Waals surface area (Å²) in [5.41, 5.74) is 5.83. The summed E-state index contributed by atoms with van der Waals surface area (Å²) < 4.78 is 0. The van der Waals surface area contributed by atoms with Crippen LogP contribution >= 0.6 is 0 Å². The van der Waals surface area contributed by atoms with Gasteiger partial charge >= 0.3 is 6.03 Å². The Hall–Kier alpha value is -0.850. The van der Waals surface area contributed by atoms with Crippen molar-refractivity contribution in [2.75, 3.05) is 26.2 Å². The van der Waals surface area contributed by atoms with E-state index in [0.29, 0.717) is 12.6 Å². The van der Waals surface area contributed by atoms with Gasteiger partial charge in [-0.25, -0.2) is 4.79 Å². The third-order valence-corrected chi connectivity index (χ3v) is 6.18. The lowest BCUT2D eigenvalue weighted by molar-refractivity contribution is 0.00735. The lowest BCUT2D eigenvalue weighted by Gasteiger charge is -2.42. The molecule has 3 rings (SSSR count). The molecule has 1 aliphatic carbocycles. The quantitative estimate of drug-likeness (QED) is 0.724. The van der Waals surface area contributed by atoms with Crippen LogP contribution < -0.4 is 11.1 Å². The number of urea groups is 1. The molecule has 0 spiro atoms. The Morgan fingerprint density at radius 3 is 2.42 bits per heavy atom. The number of aliphatic hydroxyl groups is 1. The zero-order valence-corrected chi connectivity index (χ0v) is 14.8. The molecule has 0 bridgehead atoms. The van der Waals surface area contributed by atoms with Crippen molar-refractivity contribution in [1.82, 2.24) is 15.1 Å². The van der Waals surface area contributed by atoms with Crippen LogP contribution in [-0.2, 0) is 0 Å². The smallest absolute Gasteiger partial charge is 0.317 e. The van der Waals surface area contributed by atoms with Gasteiger partial charge in [-0.05, 0) is 44.9 Å². The number of piperidine rings is 2. The lowest BCUT2D eigenvalue weighted by atomic mass is 9.89. The Balaban J connectivity index is 1.45. The van der Waals surface area contributed by atoms with Gasteiger partial charge < -0.3 is 21.1 Å². The first kappa shape index (κ1) is 18.0. The average molecular weight is 338 g/mol. The van der Waals surface area contributed by atoms with Gasteiger partial charge in [-0.2, -0.15) is 0 Å². The van der Waals surface area contributed by atoms with E-state index in [1.807, 2.05) is 4.90 Å². The molecule has 2 saturated heterocycles. The maximum absolute atomic E-state index is 12.6. The SMILES string of the molecule is NCC1CCCCN1C(=O)NC1CCN(C2CCCCC2O)CC1. The third kappa shape index (κ3) is 4.21. The summed E-state index contributed by atoms with van der Waals surface area (Å²) in [6.07, 6.45) is 9.53. The maximum Gasteiger partial charge on any atom is 0.317 e. The zero-order valence-electron chi connectivity index (χ0n) is 14.8. The molecule has 0 radical (unpaired) electrons. The number of carbonyl (C=O) groups is 1. The van der Waals surface area contributed by atoms with E-state index in [1.54, 1.807) is 0 Å². The van der Waals surface area contributed by atoms with E-state index in [2.05, 4.69) is 10.2 Å². The van der Waals surface area contributed by atoms with Gasteiger partial charge in [0, 0.05) is 44.3 Å². The molecule has 3 aliphatic rings. The first-order valence-corrected chi connectivity index (χ1v) is 9.88. The van der Waals surface area contributed by atoms with E-state index in [9.17, 15) is 9.90 Å². The van der Waals surface area contributed by atoms with Crippen LogP contribution in [0, 0.1) is 0 Å². The topological polar surface area (TPSA) is 81.8 Å². The van der Waals surface area contributed by atoms with Crippen molar-refractivity contribution in [2.24, 2.45) is 5.73 Å². The fraction of sp³-hybridized carbons (Fsp3) is 0.944. The molecule has 6 nitrogen and oxygen atoms in total. The normalized spacial score (nSPS) is 33.4. The Kier molecular flexibility index (Phi) is 6.36. The molecule has 4 N–H and O–H groups in total. The molecule has 2 heterocycles. The molecular formula is C18H34N4O2. The van der Waals surface area contributed by atoms with Crippen LogP contribution in [0.5, 0.6) is 0 Å². The number of likely N-dealkylation sites (tertiary alicyclic amines) is 2. The van der Waals surface area contributed by atoms with E-state index >= 15 is 0 Å². The second kappa shape index (κ2) is 8.50. The molecule has 6 heteroatoms. The Morgan fingerprint density at radius 1 is 1.00 bits per heavy atom. The number of aliphatic hydroxyl groups excluding tert-OH is 1. The Labute approximate surface area is 145 Å². The van der Waals surface area contributed by atoms with Gasteiger partial charge in [-0.15, -0.1) is 0 Å². The summed E-state index contributed by atoms with van der Waals surface area (Å²) in [6, 6.07) is 0.867. The molecule has 2 amide bonds. The summed E-state index contributed by atoms with van der Waals surface area (Å²) in [4.78, 5) is 17.0. The predicted octanol–water partition coefficient (Wildman–Crippen LogP) is 1.28. The lowest BCUT2D eigenvalue weighted by Crippen LogP contribution is -2.56. The van der Waals surface area contributed by atoms with Gasteiger partial charge in [0.2, 0.25) is 0 Å². The minimum atomic E-state index is -0.163. The number of nitrogens with zero attached hydrogens (tertiary/aromatic N) is 2. The number of rotatable bonds is 3. The maximum atomic E-state index is 12.6. The minimum absolute atomic E-state index is 0.0706. The van der Waals surface area contributed by atoms with Gasteiger partial charge in [0.15, 0.2) is 0 Å². The Morgan fingerprint density at radius 2 is 1.71 bits per heavy atom. The van der Waals surface area contributed by atoms with Crippen molar-refractivity contribution < 1.29 is 9.90 Å². The first-order valence-electron chi connectivity index (χ1n) is 9.88. The minimum Gasteiger partial charge on any atom is -0.391 e. The van der Waals surface area contributed by atoms with Gasteiger partial charge in [0.05, 0.1) is 6.10 Å². The van der Waals surface area contributed by atoms with E-state index in [0.717, 1.165) is 64.6 Å². The van der Waals surface area contributed by atoms with Crippen LogP contribution in [0.2, 0.25) is 0 Å². The second-order valence-electron chi connectivity index (χ2n) is 7.76. The van der Waals surface area contributed by atoms with Gasteiger partial charge in [-0.3, -0.25) is 4.90 Å². The predicted molar refractivity (Wildman–Crippen MR) is 94.8 cm³/mol. The van der Waals surface area contributed by atoms with Gasteiger partial charge in [-0.1, -0.05) is 12.8 Å². The molecule has 0 aromatic carbocycles. The molecule has 0 aromatic rings. The van der Waals surface area contributed by atoms with Crippen LogP contribution in [0.4, 0.5) is 4.79 Å². The standard InChI is InChI=1S/C18H34N4O2/c19-13-15-5-3-4-10-22(15)18(24)20-14-8-11-21(12-9-14)16-6-1-2-7-17(16)23/h14-17,23H,1-13,19H2,(H,20,24). The number of nitrogens with two attached hydrogens (primary N) is 1.